The first-order valence-corrected chi connectivity index (χ1v) is 8.53. The number of morpholine rings is 1. The molecule has 24 heavy (non-hydrogen) atoms. The second-order valence-corrected chi connectivity index (χ2v) is 7.37. The van der Waals surface area contributed by atoms with Crippen LogP contribution in [0, 0.1) is 0 Å². The predicted octanol–water partition coefficient (Wildman–Crippen LogP) is 3.62. The number of nitrogens with zero attached hydrogens (tertiary/aromatic N) is 1. The van der Waals surface area contributed by atoms with Crippen LogP contribution in [0.15, 0.2) is 30.3 Å². The van der Waals surface area contributed by atoms with Crippen LogP contribution in [0.3, 0.4) is 0 Å². The van der Waals surface area contributed by atoms with Crippen molar-refractivity contribution in [1.82, 2.24) is 4.90 Å². The summed E-state index contributed by atoms with van der Waals surface area (Å²) in [5.41, 5.74) is 0.626. The average Bonchev–Trinajstić information content (AvgIpc) is 2.51. The van der Waals surface area contributed by atoms with E-state index in [9.17, 15) is 4.79 Å². The Bertz CT molecular complexity index is 526. The minimum absolute atomic E-state index is 0.0426. The topological polar surface area (TPSA) is 48.0 Å². The van der Waals surface area contributed by atoms with Crippen LogP contribution in [0.1, 0.15) is 40.2 Å². The summed E-state index contributed by atoms with van der Waals surface area (Å²) < 4.78 is 17.4. The van der Waals surface area contributed by atoms with E-state index in [0.717, 1.165) is 5.56 Å². The average molecular weight is 335 g/mol. The van der Waals surface area contributed by atoms with Crippen molar-refractivity contribution < 1.29 is 19.0 Å². The number of carbonyl (C=O) groups is 1. The van der Waals surface area contributed by atoms with E-state index in [-0.39, 0.29) is 24.4 Å². The van der Waals surface area contributed by atoms with Crippen LogP contribution in [-0.2, 0) is 20.8 Å². The van der Waals surface area contributed by atoms with Gasteiger partial charge in [-0.3, -0.25) is 0 Å². The summed E-state index contributed by atoms with van der Waals surface area (Å²) in [6.45, 7) is 11.1. The monoisotopic (exact) mass is 335 g/mol. The highest BCUT2D eigenvalue weighted by molar-refractivity contribution is 5.68. The number of hydrogen-bond donors (Lipinski definition) is 0. The Morgan fingerprint density at radius 1 is 1.29 bits per heavy atom. The van der Waals surface area contributed by atoms with Gasteiger partial charge in [-0.2, -0.15) is 0 Å². The number of benzene rings is 1. The van der Waals surface area contributed by atoms with Crippen molar-refractivity contribution in [2.75, 3.05) is 13.1 Å². The SMILES string of the molecule is CC(OCc1ccccc1)C1CN(C(=O)OC(C)(C)C)C[C@@H](C)O1. The molecule has 2 unspecified atom stereocenters. The van der Waals surface area contributed by atoms with Gasteiger partial charge in [-0.15, -0.1) is 0 Å². The maximum atomic E-state index is 12.3. The molecular weight excluding hydrogens is 306 g/mol. The molecule has 0 spiro atoms. The van der Waals surface area contributed by atoms with E-state index in [1.807, 2.05) is 65.0 Å². The molecular formula is C19H29NO4. The predicted molar refractivity (Wildman–Crippen MR) is 92.8 cm³/mol. The van der Waals surface area contributed by atoms with Crippen molar-refractivity contribution in [1.29, 1.82) is 0 Å². The molecule has 5 heteroatoms. The molecule has 2 rings (SSSR count). The van der Waals surface area contributed by atoms with Crippen LogP contribution in [0.5, 0.6) is 0 Å². The lowest BCUT2D eigenvalue weighted by Gasteiger charge is -2.39. The standard InChI is InChI=1S/C19H29NO4/c1-14-11-20(18(21)24-19(3,4)5)12-17(23-14)15(2)22-13-16-9-7-6-8-10-16/h6-10,14-15,17H,11-13H2,1-5H3/t14-,15?,17?/m1/s1. The molecule has 0 aliphatic carbocycles. The summed E-state index contributed by atoms with van der Waals surface area (Å²) >= 11 is 0. The maximum Gasteiger partial charge on any atom is 0.410 e. The molecule has 1 fully saturated rings. The number of carbonyl (C=O) groups excluding carboxylic acids is 1. The van der Waals surface area contributed by atoms with Gasteiger partial charge < -0.3 is 19.1 Å². The first-order chi connectivity index (χ1) is 11.2. The van der Waals surface area contributed by atoms with Crippen molar-refractivity contribution in [2.24, 2.45) is 0 Å². The zero-order valence-corrected chi connectivity index (χ0v) is 15.3. The molecule has 1 aliphatic rings. The fraction of sp³-hybridized carbons (Fsp3) is 0.632. The van der Waals surface area contributed by atoms with Gasteiger partial charge in [0.15, 0.2) is 0 Å². The van der Waals surface area contributed by atoms with Gasteiger partial charge in [-0.1, -0.05) is 30.3 Å². The molecule has 1 heterocycles. The minimum atomic E-state index is -0.496. The Morgan fingerprint density at radius 3 is 2.58 bits per heavy atom. The molecule has 1 aromatic carbocycles. The Hall–Kier alpha value is -1.59. The second-order valence-electron chi connectivity index (χ2n) is 7.37. The normalized spacial score (nSPS) is 23.0. The lowest BCUT2D eigenvalue weighted by atomic mass is 10.1. The summed E-state index contributed by atoms with van der Waals surface area (Å²) in [6.07, 6.45) is -0.611. The Labute approximate surface area is 144 Å². The van der Waals surface area contributed by atoms with Crippen LogP contribution >= 0.6 is 0 Å². The molecule has 134 valence electrons. The third-order valence-corrected chi connectivity index (χ3v) is 3.82. The summed E-state index contributed by atoms with van der Waals surface area (Å²) in [4.78, 5) is 14.0. The van der Waals surface area contributed by atoms with E-state index in [2.05, 4.69) is 0 Å². The Kier molecular flexibility index (Phi) is 6.24. The van der Waals surface area contributed by atoms with Crippen LogP contribution in [0.4, 0.5) is 4.79 Å². The summed E-state index contributed by atoms with van der Waals surface area (Å²) in [7, 11) is 0. The van der Waals surface area contributed by atoms with Crippen LogP contribution in [-0.4, -0.2) is 48.0 Å². The fourth-order valence-corrected chi connectivity index (χ4v) is 2.63. The van der Waals surface area contributed by atoms with Gasteiger partial charge in [-0.05, 0) is 40.2 Å². The van der Waals surface area contributed by atoms with E-state index < -0.39 is 5.60 Å². The highest BCUT2D eigenvalue weighted by atomic mass is 16.6. The molecule has 0 radical (unpaired) electrons. The van der Waals surface area contributed by atoms with E-state index in [1.54, 1.807) is 4.90 Å². The van der Waals surface area contributed by atoms with Crippen molar-refractivity contribution in [3.63, 3.8) is 0 Å². The zero-order chi connectivity index (χ0) is 17.7. The largest absolute Gasteiger partial charge is 0.444 e. The fourth-order valence-electron chi connectivity index (χ4n) is 2.63. The molecule has 1 aliphatic heterocycles. The number of rotatable bonds is 4. The number of ether oxygens (including phenoxy) is 3. The summed E-state index contributed by atoms with van der Waals surface area (Å²) in [6, 6.07) is 10.0. The zero-order valence-electron chi connectivity index (χ0n) is 15.3. The van der Waals surface area contributed by atoms with Crippen molar-refractivity contribution in [3.8, 4) is 0 Å². The lowest BCUT2D eigenvalue weighted by molar-refractivity contribution is -0.136. The maximum absolute atomic E-state index is 12.3. The first kappa shape index (κ1) is 18.7. The molecule has 1 amide bonds. The van der Waals surface area contributed by atoms with Crippen molar-refractivity contribution in [3.05, 3.63) is 35.9 Å². The van der Waals surface area contributed by atoms with Gasteiger partial charge >= 0.3 is 6.09 Å². The van der Waals surface area contributed by atoms with E-state index in [0.29, 0.717) is 19.7 Å². The van der Waals surface area contributed by atoms with Gasteiger partial charge in [0, 0.05) is 0 Å². The quantitative estimate of drug-likeness (QED) is 0.843. The van der Waals surface area contributed by atoms with Crippen LogP contribution in [0.2, 0.25) is 0 Å². The van der Waals surface area contributed by atoms with Crippen molar-refractivity contribution >= 4 is 6.09 Å². The molecule has 0 bridgehead atoms. The second kappa shape index (κ2) is 7.99. The number of hydrogen-bond acceptors (Lipinski definition) is 4. The highest BCUT2D eigenvalue weighted by Crippen LogP contribution is 2.19. The molecule has 1 aromatic rings. The summed E-state index contributed by atoms with van der Waals surface area (Å²) in [5, 5.41) is 0. The molecule has 5 nitrogen and oxygen atoms in total. The Morgan fingerprint density at radius 2 is 1.96 bits per heavy atom. The lowest BCUT2D eigenvalue weighted by Crippen LogP contribution is -2.53. The smallest absolute Gasteiger partial charge is 0.410 e. The molecule has 0 aromatic heterocycles. The third kappa shape index (κ3) is 5.80. The van der Waals surface area contributed by atoms with Crippen LogP contribution < -0.4 is 0 Å². The van der Waals surface area contributed by atoms with E-state index in [1.165, 1.54) is 0 Å². The minimum Gasteiger partial charge on any atom is -0.444 e. The van der Waals surface area contributed by atoms with E-state index >= 15 is 0 Å². The van der Waals surface area contributed by atoms with Gasteiger partial charge in [0.25, 0.3) is 0 Å². The summed E-state index contributed by atoms with van der Waals surface area (Å²) in [5.74, 6) is 0. The third-order valence-electron chi connectivity index (χ3n) is 3.82. The molecule has 0 saturated carbocycles. The van der Waals surface area contributed by atoms with Gasteiger partial charge in [0.1, 0.15) is 11.7 Å². The van der Waals surface area contributed by atoms with Crippen LogP contribution in [0.25, 0.3) is 0 Å². The van der Waals surface area contributed by atoms with E-state index in [4.69, 9.17) is 14.2 Å². The Balaban J connectivity index is 1.90. The molecule has 1 saturated heterocycles. The number of amides is 1. The van der Waals surface area contributed by atoms with Gasteiger partial charge in [0.05, 0.1) is 31.9 Å². The molecule has 3 atom stereocenters. The first-order valence-electron chi connectivity index (χ1n) is 8.53. The highest BCUT2D eigenvalue weighted by Gasteiger charge is 2.34. The van der Waals surface area contributed by atoms with Crippen molar-refractivity contribution in [2.45, 2.75) is 65.1 Å². The van der Waals surface area contributed by atoms with Gasteiger partial charge in [0.2, 0.25) is 0 Å². The molecule has 0 N–H and O–H groups in total. The van der Waals surface area contributed by atoms with Gasteiger partial charge in [-0.25, -0.2) is 4.79 Å².